The van der Waals surface area contributed by atoms with Gasteiger partial charge in [0.25, 0.3) is 0 Å². The molecule has 1 aromatic rings. The summed E-state index contributed by atoms with van der Waals surface area (Å²) in [5, 5.41) is 9.55. The average Bonchev–Trinajstić information content (AvgIpc) is 2.15. The van der Waals surface area contributed by atoms with Gasteiger partial charge in [-0.3, -0.25) is 0 Å². The first-order chi connectivity index (χ1) is 6.49. The topological polar surface area (TPSA) is 46.2 Å². The van der Waals surface area contributed by atoms with Gasteiger partial charge >= 0.3 is 0 Å². The van der Waals surface area contributed by atoms with E-state index in [9.17, 15) is 9.50 Å². The van der Waals surface area contributed by atoms with Crippen LogP contribution in [-0.2, 0) is 0 Å². The van der Waals surface area contributed by atoms with Crippen LogP contribution in [0.15, 0.2) is 10.5 Å². The fraction of sp³-hybridized carbons (Fsp3) is 0.400. The standard InChI is InChI=1S/C10H13BrFNO/c1-5(4-13)9-6(2)7(11)3-8(12)10(9)14/h3,5,14H,4,13H2,1-2H3. The molecular formula is C10H13BrFNO. The minimum Gasteiger partial charge on any atom is -0.505 e. The van der Waals surface area contributed by atoms with Crippen LogP contribution in [-0.4, -0.2) is 11.7 Å². The monoisotopic (exact) mass is 261 g/mol. The Balaban J connectivity index is 3.39. The smallest absolute Gasteiger partial charge is 0.166 e. The van der Waals surface area contributed by atoms with E-state index in [1.807, 2.05) is 13.8 Å². The first-order valence-corrected chi connectivity index (χ1v) is 5.15. The molecule has 1 rings (SSSR count). The summed E-state index contributed by atoms with van der Waals surface area (Å²) in [5.41, 5.74) is 6.91. The highest BCUT2D eigenvalue weighted by Crippen LogP contribution is 2.35. The van der Waals surface area contributed by atoms with Crippen molar-refractivity contribution in [2.75, 3.05) is 6.54 Å². The van der Waals surface area contributed by atoms with Gasteiger partial charge in [0.05, 0.1) is 0 Å². The van der Waals surface area contributed by atoms with Crippen molar-refractivity contribution in [1.82, 2.24) is 0 Å². The molecule has 78 valence electrons. The Kier molecular flexibility index (Phi) is 3.50. The number of hydrogen-bond acceptors (Lipinski definition) is 2. The lowest BCUT2D eigenvalue weighted by Gasteiger charge is -2.16. The van der Waals surface area contributed by atoms with Crippen molar-refractivity contribution in [3.8, 4) is 5.75 Å². The maximum atomic E-state index is 13.2. The number of nitrogens with two attached hydrogens (primary N) is 1. The molecule has 0 aliphatic carbocycles. The molecule has 1 atom stereocenters. The zero-order chi connectivity index (χ0) is 10.9. The van der Waals surface area contributed by atoms with Crippen molar-refractivity contribution in [3.05, 3.63) is 27.5 Å². The molecule has 2 nitrogen and oxygen atoms in total. The van der Waals surface area contributed by atoms with E-state index in [2.05, 4.69) is 15.9 Å². The Bertz CT molecular complexity index is 328. The van der Waals surface area contributed by atoms with Crippen molar-refractivity contribution < 1.29 is 9.50 Å². The minimum absolute atomic E-state index is 0.0537. The summed E-state index contributed by atoms with van der Waals surface area (Å²) in [7, 11) is 0. The SMILES string of the molecule is Cc1c(Br)cc(F)c(O)c1C(C)CN. The third kappa shape index (κ3) is 1.91. The zero-order valence-corrected chi connectivity index (χ0v) is 9.73. The summed E-state index contributed by atoms with van der Waals surface area (Å²) in [4.78, 5) is 0. The summed E-state index contributed by atoms with van der Waals surface area (Å²) in [6, 6.07) is 1.26. The van der Waals surface area contributed by atoms with Crippen LogP contribution >= 0.6 is 15.9 Å². The second kappa shape index (κ2) is 4.28. The van der Waals surface area contributed by atoms with Crippen molar-refractivity contribution in [1.29, 1.82) is 0 Å². The number of halogens is 2. The number of hydrogen-bond donors (Lipinski definition) is 2. The largest absolute Gasteiger partial charge is 0.505 e. The summed E-state index contributed by atoms with van der Waals surface area (Å²) < 4.78 is 13.9. The lowest BCUT2D eigenvalue weighted by atomic mass is 9.95. The number of phenolic OH excluding ortho intramolecular Hbond substituents is 1. The highest BCUT2D eigenvalue weighted by molar-refractivity contribution is 9.10. The van der Waals surface area contributed by atoms with E-state index in [4.69, 9.17) is 5.73 Å². The fourth-order valence-electron chi connectivity index (χ4n) is 1.44. The van der Waals surface area contributed by atoms with Crippen LogP contribution in [0, 0.1) is 12.7 Å². The van der Waals surface area contributed by atoms with Gasteiger partial charge in [0, 0.05) is 10.0 Å². The number of benzene rings is 1. The predicted octanol–water partition coefficient (Wildman–Crippen LogP) is 2.66. The van der Waals surface area contributed by atoms with Crippen molar-refractivity contribution in [2.45, 2.75) is 19.8 Å². The first kappa shape index (κ1) is 11.5. The molecule has 14 heavy (non-hydrogen) atoms. The first-order valence-electron chi connectivity index (χ1n) is 4.36. The van der Waals surface area contributed by atoms with Gasteiger partial charge in [-0.2, -0.15) is 0 Å². The molecule has 0 bridgehead atoms. The third-order valence-corrected chi connectivity index (χ3v) is 3.17. The van der Waals surface area contributed by atoms with Gasteiger partial charge in [-0.1, -0.05) is 22.9 Å². The lowest BCUT2D eigenvalue weighted by Crippen LogP contribution is -2.11. The van der Waals surface area contributed by atoms with Gasteiger partial charge in [0.2, 0.25) is 0 Å². The lowest BCUT2D eigenvalue weighted by molar-refractivity contribution is 0.420. The molecule has 1 aromatic carbocycles. The molecule has 0 saturated heterocycles. The minimum atomic E-state index is -0.613. The van der Waals surface area contributed by atoms with Crippen LogP contribution in [0.2, 0.25) is 0 Å². The predicted molar refractivity (Wildman–Crippen MR) is 58.0 cm³/mol. The third-order valence-electron chi connectivity index (χ3n) is 2.34. The fourth-order valence-corrected chi connectivity index (χ4v) is 1.86. The van der Waals surface area contributed by atoms with Crippen LogP contribution in [0.3, 0.4) is 0 Å². The zero-order valence-electron chi connectivity index (χ0n) is 8.14. The van der Waals surface area contributed by atoms with Gasteiger partial charge in [-0.25, -0.2) is 4.39 Å². The summed E-state index contributed by atoms with van der Waals surface area (Å²) in [6.45, 7) is 4.06. The molecule has 0 spiro atoms. The maximum Gasteiger partial charge on any atom is 0.166 e. The van der Waals surface area contributed by atoms with E-state index < -0.39 is 5.82 Å². The summed E-state index contributed by atoms with van der Waals surface area (Å²) >= 11 is 3.24. The second-order valence-corrected chi connectivity index (χ2v) is 4.22. The van der Waals surface area contributed by atoms with Crippen molar-refractivity contribution in [2.24, 2.45) is 5.73 Å². The molecule has 0 heterocycles. The molecular weight excluding hydrogens is 249 g/mol. The molecule has 4 heteroatoms. The molecule has 3 N–H and O–H groups in total. The Hall–Kier alpha value is -0.610. The van der Waals surface area contributed by atoms with Gasteiger partial charge in [-0.15, -0.1) is 0 Å². The van der Waals surface area contributed by atoms with Gasteiger partial charge in [0.1, 0.15) is 0 Å². The number of rotatable bonds is 2. The van der Waals surface area contributed by atoms with E-state index >= 15 is 0 Å². The molecule has 1 unspecified atom stereocenters. The Morgan fingerprint density at radius 3 is 2.71 bits per heavy atom. The highest BCUT2D eigenvalue weighted by atomic mass is 79.9. The molecule has 0 aliphatic heterocycles. The summed E-state index contributed by atoms with van der Waals surface area (Å²) in [5.74, 6) is -0.955. The van der Waals surface area contributed by atoms with Gasteiger partial charge in [-0.05, 0) is 31.0 Å². The Labute approximate surface area is 91.1 Å². The second-order valence-electron chi connectivity index (χ2n) is 3.36. The Morgan fingerprint density at radius 2 is 2.21 bits per heavy atom. The summed E-state index contributed by atoms with van der Waals surface area (Å²) in [6.07, 6.45) is 0. The average molecular weight is 262 g/mol. The molecule has 0 fully saturated rings. The van der Waals surface area contributed by atoms with E-state index in [0.29, 0.717) is 16.6 Å². The highest BCUT2D eigenvalue weighted by Gasteiger charge is 2.17. The van der Waals surface area contributed by atoms with Crippen molar-refractivity contribution in [3.63, 3.8) is 0 Å². The number of phenols is 1. The van der Waals surface area contributed by atoms with Gasteiger partial charge in [0.15, 0.2) is 11.6 Å². The van der Waals surface area contributed by atoms with Crippen LogP contribution in [0.1, 0.15) is 24.0 Å². The molecule has 0 aromatic heterocycles. The van der Waals surface area contributed by atoms with Crippen LogP contribution < -0.4 is 5.73 Å². The molecule has 0 aliphatic rings. The van der Waals surface area contributed by atoms with Crippen LogP contribution in [0.25, 0.3) is 0 Å². The van der Waals surface area contributed by atoms with E-state index in [0.717, 1.165) is 5.56 Å². The van der Waals surface area contributed by atoms with E-state index in [-0.39, 0.29) is 11.7 Å². The van der Waals surface area contributed by atoms with Crippen LogP contribution in [0.5, 0.6) is 5.75 Å². The van der Waals surface area contributed by atoms with Crippen LogP contribution in [0.4, 0.5) is 4.39 Å². The normalized spacial score (nSPS) is 12.9. The number of aromatic hydroxyl groups is 1. The Morgan fingerprint density at radius 1 is 1.64 bits per heavy atom. The van der Waals surface area contributed by atoms with Crippen molar-refractivity contribution >= 4 is 15.9 Å². The van der Waals surface area contributed by atoms with E-state index in [1.54, 1.807) is 0 Å². The molecule has 0 radical (unpaired) electrons. The molecule has 0 amide bonds. The maximum absolute atomic E-state index is 13.2. The van der Waals surface area contributed by atoms with Gasteiger partial charge < -0.3 is 10.8 Å². The van der Waals surface area contributed by atoms with E-state index in [1.165, 1.54) is 6.07 Å². The molecule has 0 saturated carbocycles. The quantitative estimate of drug-likeness (QED) is 0.860.